The zero-order valence-corrected chi connectivity index (χ0v) is 12.8. The van der Waals surface area contributed by atoms with Crippen LogP contribution in [0.3, 0.4) is 0 Å². The molecule has 0 bridgehead atoms. The van der Waals surface area contributed by atoms with Gasteiger partial charge >= 0.3 is 0 Å². The fourth-order valence-corrected chi connectivity index (χ4v) is 2.77. The lowest BCUT2D eigenvalue weighted by Gasteiger charge is -2.21. The highest BCUT2D eigenvalue weighted by Crippen LogP contribution is 2.34. The molecule has 0 N–H and O–H groups in total. The third-order valence-corrected chi connectivity index (χ3v) is 3.76. The average molecular weight is 308 g/mol. The van der Waals surface area contributed by atoms with Crippen molar-refractivity contribution in [3.05, 3.63) is 63.9 Å². The monoisotopic (exact) mass is 307 g/mol. The van der Waals surface area contributed by atoms with E-state index in [4.69, 9.17) is 23.2 Å². The molecule has 0 radical (unpaired) electrons. The highest BCUT2D eigenvalue weighted by Gasteiger charge is 2.27. The standard InChI is InChI=1S/C16H15Cl2NO/c1-10(2)15(13-6-5-12(17)8-14(13)18)16(20)11-4-3-7-19-9-11/h3-10,15H,1-2H3. The predicted molar refractivity (Wildman–Crippen MR) is 82.6 cm³/mol. The van der Waals surface area contributed by atoms with Gasteiger partial charge in [-0.3, -0.25) is 9.78 Å². The van der Waals surface area contributed by atoms with E-state index in [-0.39, 0.29) is 17.6 Å². The zero-order chi connectivity index (χ0) is 14.7. The maximum absolute atomic E-state index is 12.7. The van der Waals surface area contributed by atoms with Crippen LogP contribution < -0.4 is 0 Å². The zero-order valence-electron chi connectivity index (χ0n) is 11.3. The number of ketones is 1. The summed E-state index contributed by atoms with van der Waals surface area (Å²) in [7, 11) is 0. The second-order valence-corrected chi connectivity index (χ2v) is 5.84. The van der Waals surface area contributed by atoms with Crippen LogP contribution in [0.5, 0.6) is 0 Å². The van der Waals surface area contributed by atoms with E-state index in [0.717, 1.165) is 5.56 Å². The first-order valence-electron chi connectivity index (χ1n) is 6.40. The molecule has 0 spiro atoms. The van der Waals surface area contributed by atoms with Gasteiger partial charge in [-0.15, -0.1) is 0 Å². The van der Waals surface area contributed by atoms with E-state index in [1.54, 1.807) is 36.7 Å². The summed E-state index contributed by atoms with van der Waals surface area (Å²) in [5.74, 6) is -0.150. The predicted octanol–water partition coefficient (Wildman–Crippen LogP) is 5.01. The summed E-state index contributed by atoms with van der Waals surface area (Å²) in [6.45, 7) is 4.01. The second kappa shape index (κ2) is 6.38. The van der Waals surface area contributed by atoms with Crippen LogP contribution in [-0.2, 0) is 0 Å². The van der Waals surface area contributed by atoms with Crippen molar-refractivity contribution < 1.29 is 4.79 Å². The van der Waals surface area contributed by atoms with Gasteiger partial charge in [0.1, 0.15) is 0 Å². The summed E-state index contributed by atoms with van der Waals surface area (Å²) in [5, 5.41) is 1.09. The third-order valence-electron chi connectivity index (χ3n) is 3.19. The van der Waals surface area contributed by atoms with Gasteiger partial charge in [0.25, 0.3) is 0 Å². The van der Waals surface area contributed by atoms with Gasteiger partial charge < -0.3 is 0 Å². The summed E-state index contributed by atoms with van der Waals surface area (Å²) in [5.41, 5.74) is 1.40. The Labute approximate surface area is 128 Å². The van der Waals surface area contributed by atoms with Crippen molar-refractivity contribution in [3.8, 4) is 0 Å². The Morgan fingerprint density at radius 3 is 2.50 bits per heavy atom. The van der Waals surface area contributed by atoms with E-state index >= 15 is 0 Å². The highest BCUT2D eigenvalue weighted by atomic mass is 35.5. The van der Waals surface area contributed by atoms with Crippen LogP contribution in [0.1, 0.15) is 35.7 Å². The molecule has 104 valence electrons. The molecular weight excluding hydrogens is 293 g/mol. The van der Waals surface area contributed by atoms with Crippen LogP contribution in [0.4, 0.5) is 0 Å². The Kier molecular flexibility index (Phi) is 4.79. The molecule has 1 aromatic heterocycles. The molecule has 4 heteroatoms. The number of carbonyl (C=O) groups is 1. The quantitative estimate of drug-likeness (QED) is 0.743. The van der Waals surface area contributed by atoms with Gasteiger partial charge in [-0.2, -0.15) is 0 Å². The van der Waals surface area contributed by atoms with Crippen LogP contribution in [0.15, 0.2) is 42.7 Å². The van der Waals surface area contributed by atoms with Gasteiger partial charge in [-0.05, 0) is 35.7 Å². The Morgan fingerprint density at radius 2 is 1.95 bits per heavy atom. The van der Waals surface area contributed by atoms with Crippen molar-refractivity contribution in [2.24, 2.45) is 5.92 Å². The normalized spacial score (nSPS) is 12.4. The molecule has 1 aromatic carbocycles. The number of nitrogens with zero attached hydrogens (tertiary/aromatic N) is 1. The number of hydrogen-bond acceptors (Lipinski definition) is 2. The summed E-state index contributed by atoms with van der Waals surface area (Å²) in [6.07, 6.45) is 3.23. The molecular formula is C16H15Cl2NO. The fraction of sp³-hybridized carbons (Fsp3) is 0.250. The van der Waals surface area contributed by atoms with E-state index in [9.17, 15) is 4.79 Å². The van der Waals surface area contributed by atoms with Crippen molar-refractivity contribution in [3.63, 3.8) is 0 Å². The van der Waals surface area contributed by atoms with Gasteiger partial charge in [-0.1, -0.05) is 43.1 Å². The minimum absolute atomic E-state index is 0.0253. The van der Waals surface area contributed by atoms with Gasteiger partial charge in [0, 0.05) is 28.0 Å². The molecule has 0 fully saturated rings. The number of Topliss-reactive ketones (excluding diaryl/α,β-unsaturated/α-hetero) is 1. The van der Waals surface area contributed by atoms with Crippen LogP contribution in [0.2, 0.25) is 10.0 Å². The Balaban J connectivity index is 2.44. The molecule has 2 nitrogen and oxygen atoms in total. The van der Waals surface area contributed by atoms with E-state index in [1.165, 1.54) is 0 Å². The van der Waals surface area contributed by atoms with E-state index in [1.807, 2.05) is 19.9 Å². The minimum atomic E-state index is -0.302. The summed E-state index contributed by atoms with van der Waals surface area (Å²) < 4.78 is 0. The largest absolute Gasteiger partial charge is 0.293 e. The van der Waals surface area contributed by atoms with Crippen molar-refractivity contribution in [2.45, 2.75) is 19.8 Å². The molecule has 20 heavy (non-hydrogen) atoms. The number of aromatic nitrogens is 1. The summed E-state index contributed by atoms with van der Waals surface area (Å²) >= 11 is 12.2. The molecule has 1 unspecified atom stereocenters. The van der Waals surface area contributed by atoms with Crippen molar-refractivity contribution in [2.75, 3.05) is 0 Å². The lowest BCUT2D eigenvalue weighted by Crippen LogP contribution is -2.19. The van der Waals surface area contributed by atoms with E-state index < -0.39 is 0 Å². The summed E-state index contributed by atoms with van der Waals surface area (Å²) in [6, 6.07) is 8.78. The van der Waals surface area contributed by atoms with Crippen LogP contribution in [-0.4, -0.2) is 10.8 Å². The number of carbonyl (C=O) groups excluding carboxylic acids is 1. The third kappa shape index (κ3) is 3.20. The molecule has 2 rings (SSSR count). The first-order chi connectivity index (χ1) is 9.50. The molecule has 0 saturated carbocycles. The van der Waals surface area contributed by atoms with E-state index in [2.05, 4.69) is 4.98 Å². The number of hydrogen-bond donors (Lipinski definition) is 0. The molecule has 0 aliphatic rings. The van der Waals surface area contributed by atoms with Crippen molar-refractivity contribution in [1.82, 2.24) is 4.98 Å². The van der Waals surface area contributed by atoms with Crippen LogP contribution in [0, 0.1) is 5.92 Å². The van der Waals surface area contributed by atoms with Crippen molar-refractivity contribution >= 4 is 29.0 Å². The minimum Gasteiger partial charge on any atom is -0.293 e. The molecule has 0 amide bonds. The molecule has 2 aromatic rings. The lowest BCUT2D eigenvalue weighted by molar-refractivity contribution is 0.0937. The van der Waals surface area contributed by atoms with E-state index in [0.29, 0.717) is 15.6 Å². The Bertz CT molecular complexity index is 611. The first kappa shape index (κ1) is 15.0. The number of pyridine rings is 1. The Hall–Kier alpha value is -1.38. The molecule has 0 saturated heterocycles. The molecule has 0 aliphatic carbocycles. The second-order valence-electron chi connectivity index (χ2n) is 4.99. The van der Waals surface area contributed by atoms with Crippen molar-refractivity contribution in [1.29, 1.82) is 0 Å². The van der Waals surface area contributed by atoms with Gasteiger partial charge in [-0.25, -0.2) is 0 Å². The van der Waals surface area contributed by atoms with Crippen LogP contribution >= 0.6 is 23.2 Å². The topological polar surface area (TPSA) is 30.0 Å². The molecule has 1 heterocycles. The SMILES string of the molecule is CC(C)C(C(=O)c1cccnc1)c1ccc(Cl)cc1Cl. The lowest BCUT2D eigenvalue weighted by atomic mass is 9.82. The maximum atomic E-state index is 12.7. The van der Waals surface area contributed by atoms with Crippen LogP contribution in [0.25, 0.3) is 0 Å². The van der Waals surface area contributed by atoms with Gasteiger partial charge in [0.2, 0.25) is 0 Å². The first-order valence-corrected chi connectivity index (χ1v) is 7.15. The van der Waals surface area contributed by atoms with Gasteiger partial charge in [0.15, 0.2) is 5.78 Å². The molecule has 0 aliphatic heterocycles. The smallest absolute Gasteiger partial charge is 0.172 e. The van der Waals surface area contributed by atoms with Gasteiger partial charge in [0.05, 0.1) is 5.92 Å². The molecule has 1 atom stereocenters. The Morgan fingerprint density at radius 1 is 1.20 bits per heavy atom. The fourth-order valence-electron chi connectivity index (χ4n) is 2.24. The maximum Gasteiger partial charge on any atom is 0.172 e. The highest BCUT2D eigenvalue weighted by molar-refractivity contribution is 6.35. The summed E-state index contributed by atoms with van der Waals surface area (Å²) in [4.78, 5) is 16.7. The number of halogens is 2. The number of rotatable bonds is 4. The average Bonchev–Trinajstić information content (AvgIpc) is 2.42. The number of benzene rings is 1.